The zero-order valence-corrected chi connectivity index (χ0v) is 15.9. The molecule has 27 heavy (non-hydrogen) atoms. The number of hydrogen-bond acceptors (Lipinski definition) is 4. The van der Waals surface area contributed by atoms with Crippen molar-refractivity contribution in [3.05, 3.63) is 39.9 Å². The van der Waals surface area contributed by atoms with Crippen LogP contribution in [0.1, 0.15) is 61.6 Å². The van der Waals surface area contributed by atoms with Gasteiger partial charge in [0, 0.05) is 25.1 Å². The number of nitrogens with zero attached hydrogens (tertiary/aromatic N) is 2. The summed E-state index contributed by atoms with van der Waals surface area (Å²) < 4.78 is 7.47. The van der Waals surface area contributed by atoms with Crippen molar-refractivity contribution in [3.8, 4) is 0 Å². The summed E-state index contributed by atoms with van der Waals surface area (Å²) in [6.07, 6.45) is 7.32. The normalized spacial score (nSPS) is 21.3. The Bertz CT molecular complexity index is 899. The molecule has 0 radical (unpaired) electrons. The number of nitrogens with one attached hydrogen (secondary N) is 1. The molecule has 0 spiro atoms. The summed E-state index contributed by atoms with van der Waals surface area (Å²) in [6, 6.07) is 5.17. The van der Waals surface area contributed by atoms with Crippen LogP contribution in [0.5, 0.6) is 0 Å². The second-order valence-corrected chi connectivity index (χ2v) is 7.69. The summed E-state index contributed by atoms with van der Waals surface area (Å²) in [4.78, 5) is 30.3. The SMILES string of the molecule is C[C@H](NC(=O)c1ccc2c(=O)n3c(nc2c1)CCCCCC3)[C@@H]1CCCO1. The van der Waals surface area contributed by atoms with Crippen molar-refractivity contribution >= 4 is 16.8 Å². The summed E-state index contributed by atoms with van der Waals surface area (Å²) in [7, 11) is 0. The second kappa shape index (κ2) is 7.80. The summed E-state index contributed by atoms with van der Waals surface area (Å²) in [6.45, 7) is 3.47. The van der Waals surface area contributed by atoms with Crippen molar-refractivity contribution < 1.29 is 9.53 Å². The lowest BCUT2D eigenvalue weighted by molar-refractivity contribution is 0.0712. The van der Waals surface area contributed by atoms with Gasteiger partial charge in [0.25, 0.3) is 11.5 Å². The first-order valence-corrected chi connectivity index (χ1v) is 10.1. The average Bonchev–Trinajstić information content (AvgIpc) is 3.18. The third kappa shape index (κ3) is 3.76. The molecule has 1 saturated heterocycles. The predicted molar refractivity (Wildman–Crippen MR) is 104 cm³/mol. The van der Waals surface area contributed by atoms with Crippen molar-refractivity contribution in [2.75, 3.05) is 6.61 Å². The van der Waals surface area contributed by atoms with Gasteiger partial charge in [0.1, 0.15) is 5.82 Å². The monoisotopic (exact) mass is 369 g/mol. The molecular formula is C21H27N3O3. The van der Waals surface area contributed by atoms with Crippen molar-refractivity contribution in [1.82, 2.24) is 14.9 Å². The van der Waals surface area contributed by atoms with Gasteiger partial charge in [0.2, 0.25) is 0 Å². The highest BCUT2D eigenvalue weighted by Crippen LogP contribution is 2.18. The lowest BCUT2D eigenvalue weighted by Crippen LogP contribution is -2.40. The maximum atomic E-state index is 12.9. The molecule has 1 aromatic heterocycles. The lowest BCUT2D eigenvalue weighted by atomic mass is 10.1. The standard InChI is InChI=1S/C21H27N3O3/c1-14(18-7-6-12-27-18)22-20(25)15-9-10-16-17(13-15)23-19-8-4-2-3-5-11-24(19)21(16)26/h9-10,13-14,18H,2-8,11-12H2,1H3,(H,22,25)/t14-,18-/m0/s1. The molecule has 2 aliphatic heterocycles. The third-order valence-electron chi connectivity index (χ3n) is 5.71. The van der Waals surface area contributed by atoms with Gasteiger partial charge < -0.3 is 10.1 Å². The van der Waals surface area contributed by atoms with E-state index in [1.54, 1.807) is 18.2 Å². The number of benzene rings is 1. The van der Waals surface area contributed by atoms with Crippen LogP contribution in [0.3, 0.4) is 0 Å². The number of fused-ring (bicyclic) bond motifs is 2. The first-order valence-electron chi connectivity index (χ1n) is 10.1. The van der Waals surface area contributed by atoms with E-state index in [1.807, 2.05) is 11.5 Å². The molecule has 1 N–H and O–H groups in total. The van der Waals surface area contributed by atoms with Gasteiger partial charge in [-0.3, -0.25) is 14.2 Å². The topological polar surface area (TPSA) is 73.2 Å². The fourth-order valence-electron chi connectivity index (χ4n) is 4.12. The van der Waals surface area contributed by atoms with Crippen LogP contribution in [0, 0.1) is 0 Å². The number of aromatic nitrogens is 2. The molecule has 4 rings (SSSR count). The van der Waals surface area contributed by atoms with Crippen LogP contribution in [0.2, 0.25) is 0 Å². The number of carbonyl (C=O) groups is 1. The van der Waals surface area contributed by atoms with Gasteiger partial charge in [-0.15, -0.1) is 0 Å². The summed E-state index contributed by atoms with van der Waals surface area (Å²) >= 11 is 0. The quantitative estimate of drug-likeness (QED) is 0.903. The Morgan fingerprint density at radius 3 is 2.93 bits per heavy atom. The highest BCUT2D eigenvalue weighted by Gasteiger charge is 2.24. The zero-order valence-electron chi connectivity index (χ0n) is 15.9. The molecule has 1 amide bonds. The molecule has 1 aromatic carbocycles. The number of ether oxygens (including phenoxy) is 1. The van der Waals surface area contributed by atoms with Crippen LogP contribution in [-0.2, 0) is 17.7 Å². The molecule has 1 fully saturated rings. The van der Waals surface area contributed by atoms with Crippen molar-refractivity contribution in [1.29, 1.82) is 0 Å². The van der Waals surface area contributed by atoms with E-state index in [1.165, 1.54) is 6.42 Å². The first-order chi connectivity index (χ1) is 13.1. The summed E-state index contributed by atoms with van der Waals surface area (Å²) in [5.74, 6) is 0.700. The molecule has 0 unspecified atom stereocenters. The van der Waals surface area contributed by atoms with Gasteiger partial charge in [0.15, 0.2) is 0 Å². The fourth-order valence-corrected chi connectivity index (χ4v) is 4.12. The minimum Gasteiger partial charge on any atom is -0.376 e. The van der Waals surface area contributed by atoms with E-state index < -0.39 is 0 Å². The van der Waals surface area contributed by atoms with Crippen LogP contribution in [-0.4, -0.2) is 34.2 Å². The fraction of sp³-hybridized carbons (Fsp3) is 0.571. The Balaban J connectivity index is 1.62. The molecule has 2 aliphatic rings. The van der Waals surface area contributed by atoms with Crippen LogP contribution < -0.4 is 10.9 Å². The Kier molecular flexibility index (Phi) is 5.25. The summed E-state index contributed by atoms with van der Waals surface area (Å²) in [5, 5.41) is 3.61. The number of rotatable bonds is 3. The number of amides is 1. The largest absolute Gasteiger partial charge is 0.376 e. The minimum absolute atomic E-state index is 0.0107. The maximum Gasteiger partial charge on any atom is 0.261 e. The van der Waals surface area contributed by atoms with Gasteiger partial charge in [0.05, 0.1) is 23.0 Å². The average molecular weight is 369 g/mol. The third-order valence-corrected chi connectivity index (χ3v) is 5.71. The Morgan fingerprint density at radius 1 is 1.26 bits per heavy atom. The smallest absolute Gasteiger partial charge is 0.261 e. The van der Waals surface area contributed by atoms with Crippen LogP contribution in [0.15, 0.2) is 23.0 Å². The van der Waals surface area contributed by atoms with E-state index in [9.17, 15) is 9.59 Å². The summed E-state index contributed by atoms with van der Waals surface area (Å²) in [5.41, 5.74) is 1.16. The molecule has 2 atom stereocenters. The molecule has 0 bridgehead atoms. The number of aryl methyl sites for hydroxylation is 1. The Labute approximate surface area is 158 Å². The predicted octanol–water partition coefficient (Wildman–Crippen LogP) is 2.81. The Morgan fingerprint density at radius 2 is 2.11 bits per heavy atom. The second-order valence-electron chi connectivity index (χ2n) is 7.69. The van der Waals surface area contributed by atoms with E-state index in [-0.39, 0.29) is 23.6 Å². The highest BCUT2D eigenvalue weighted by molar-refractivity contribution is 5.97. The number of hydrogen-bond donors (Lipinski definition) is 1. The van der Waals surface area contributed by atoms with E-state index in [2.05, 4.69) is 5.32 Å². The van der Waals surface area contributed by atoms with E-state index in [0.29, 0.717) is 16.5 Å². The van der Waals surface area contributed by atoms with E-state index in [4.69, 9.17) is 9.72 Å². The van der Waals surface area contributed by atoms with E-state index in [0.717, 1.165) is 57.5 Å². The van der Waals surface area contributed by atoms with Gasteiger partial charge in [-0.25, -0.2) is 4.98 Å². The van der Waals surface area contributed by atoms with Gasteiger partial charge in [-0.05, 0) is 50.8 Å². The van der Waals surface area contributed by atoms with Crippen molar-refractivity contribution in [3.63, 3.8) is 0 Å². The van der Waals surface area contributed by atoms with Crippen molar-refractivity contribution in [2.45, 2.75) is 70.6 Å². The molecule has 2 aromatic rings. The molecule has 144 valence electrons. The minimum atomic E-state index is -0.145. The first kappa shape index (κ1) is 18.2. The zero-order chi connectivity index (χ0) is 18.8. The van der Waals surface area contributed by atoms with Crippen molar-refractivity contribution in [2.24, 2.45) is 0 Å². The highest BCUT2D eigenvalue weighted by atomic mass is 16.5. The van der Waals surface area contributed by atoms with Gasteiger partial charge in [-0.1, -0.05) is 12.8 Å². The van der Waals surface area contributed by atoms with E-state index >= 15 is 0 Å². The maximum absolute atomic E-state index is 12.9. The molecule has 3 heterocycles. The molecular weight excluding hydrogens is 342 g/mol. The Hall–Kier alpha value is -2.21. The number of carbonyl (C=O) groups excluding carboxylic acids is 1. The van der Waals surface area contributed by atoms with Crippen LogP contribution in [0.4, 0.5) is 0 Å². The van der Waals surface area contributed by atoms with Crippen LogP contribution in [0.25, 0.3) is 10.9 Å². The van der Waals surface area contributed by atoms with Crippen LogP contribution >= 0.6 is 0 Å². The van der Waals surface area contributed by atoms with Gasteiger partial charge in [-0.2, -0.15) is 0 Å². The molecule has 6 heteroatoms. The van der Waals surface area contributed by atoms with Gasteiger partial charge >= 0.3 is 0 Å². The molecule has 0 aliphatic carbocycles. The lowest BCUT2D eigenvalue weighted by Gasteiger charge is -2.20. The molecule has 6 nitrogen and oxygen atoms in total. The molecule has 0 saturated carbocycles.